The zero-order valence-electron chi connectivity index (χ0n) is 18.9. The summed E-state index contributed by atoms with van der Waals surface area (Å²) in [6.07, 6.45) is 2.21. The first-order chi connectivity index (χ1) is 15.4. The van der Waals surface area contributed by atoms with Crippen LogP contribution in [0.4, 0.5) is 0 Å². The third-order valence-electron chi connectivity index (χ3n) is 5.72. The average molecular weight is 459 g/mol. The van der Waals surface area contributed by atoms with Gasteiger partial charge in [0.2, 0.25) is 18.6 Å². The molecule has 0 bridgehead atoms. The molecule has 6 nitrogen and oxygen atoms in total. The van der Waals surface area contributed by atoms with Gasteiger partial charge in [-0.05, 0) is 61.6 Å². The van der Waals surface area contributed by atoms with Gasteiger partial charge >= 0.3 is 0 Å². The Morgan fingerprint density at radius 2 is 1.72 bits per heavy atom. The van der Waals surface area contributed by atoms with E-state index >= 15 is 0 Å². The van der Waals surface area contributed by atoms with E-state index in [4.69, 9.17) is 21.1 Å². The summed E-state index contributed by atoms with van der Waals surface area (Å²) in [5, 5.41) is 3.66. The van der Waals surface area contributed by atoms with Crippen molar-refractivity contribution < 1.29 is 19.1 Å². The van der Waals surface area contributed by atoms with Crippen LogP contribution in [0.1, 0.15) is 51.2 Å². The molecule has 0 unspecified atom stereocenters. The number of halogens is 1. The molecule has 2 atom stereocenters. The van der Waals surface area contributed by atoms with E-state index in [9.17, 15) is 9.59 Å². The van der Waals surface area contributed by atoms with E-state index in [1.54, 1.807) is 17.0 Å². The van der Waals surface area contributed by atoms with Crippen LogP contribution >= 0.6 is 11.6 Å². The number of carbonyl (C=O) groups excluding carboxylic acids is 2. The largest absolute Gasteiger partial charge is 0.454 e. The number of aryl methyl sites for hydroxylation is 1. The number of nitrogens with one attached hydrogen (secondary N) is 1. The van der Waals surface area contributed by atoms with Gasteiger partial charge < -0.3 is 19.7 Å². The molecule has 3 rings (SSSR count). The van der Waals surface area contributed by atoms with Crippen LogP contribution in [0.3, 0.4) is 0 Å². The Morgan fingerprint density at radius 3 is 2.41 bits per heavy atom. The Balaban J connectivity index is 1.75. The number of hydrogen-bond donors (Lipinski definition) is 1. The van der Waals surface area contributed by atoms with Gasteiger partial charge in [-0.25, -0.2) is 0 Å². The van der Waals surface area contributed by atoms with Gasteiger partial charge in [0.05, 0.1) is 0 Å². The van der Waals surface area contributed by atoms with Crippen molar-refractivity contribution in [1.82, 2.24) is 10.2 Å². The summed E-state index contributed by atoms with van der Waals surface area (Å²) in [5.41, 5.74) is 1.92. The van der Waals surface area contributed by atoms with E-state index in [0.717, 1.165) is 23.3 Å². The van der Waals surface area contributed by atoms with Crippen molar-refractivity contribution in [1.29, 1.82) is 0 Å². The van der Waals surface area contributed by atoms with Crippen LogP contribution in [0.15, 0.2) is 42.5 Å². The zero-order chi connectivity index (χ0) is 23.1. The lowest BCUT2D eigenvalue weighted by atomic mass is 10.1. The van der Waals surface area contributed by atoms with Crippen molar-refractivity contribution in [2.75, 3.05) is 6.79 Å². The van der Waals surface area contributed by atoms with Gasteiger partial charge in [0.25, 0.3) is 0 Å². The quantitative estimate of drug-likeness (QED) is 0.559. The number of hydrogen-bond acceptors (Lipinski definition) is 4. The van der Waals surface area contributed by atoms with E-state index in [1.807, 2.05) is 51.1 Å². The third kappa shape index (κ3) is 6.16. The van der Waals surface area contributed by atoms with Crippen LogP contribution in [0.5, 0.6) is 11.5 Å². The van der Waals surface area contributed by atoms with Crippen molar-refractivity contribution in [3.63, 3.8) is 0 Å². The first kappa shape index (κ1) is 23.9. The summed E-state index contributed by atoms with van der Waals surface area (Å²) in [6, 6.07) is 12.6. The molecule has 2 aromatic rings. The van der Waals surface area contributed by atoms with Gasteiger partial charge in [-0.15, -0.1) is 0 Å². The highest BCUT2D eigenvalue weighted by Crippen LogP contribution is 2.32. The fourth-order valence-electron chi connectivity index (χ4n) is 3.64. The van der Waals surface area contributed by atoms with Gasteiger partial charge in [0.15, 0.2) is 11.5 Å². The van der Waals surface area contributed by atoms with Crippen molar-refractivity contribution in [3.8, 4) is 11.5 Å². The lowest BCUT2D eigenvalue weighted by molar-refractivity contribution is -0.141. The minimum atomic E-state index is -0.538. The van der Waals surface area contributed by atoms with Gasteiger partial charge in [-0.2, -0.15) is 0 Å². The van der Waals surface area contributed by atoms with Gasteiger partial charge in [0.1, 0.15) is 6.04 Å². The fourth-order valence-corrected chi connectivity index (χ4v) is 3.76. The monoisotopic (exact) mass is 458 g/mol. The molecule has 0 aromatic heterocycles. The van der Waals surface area contributed by atoms with Crippen LogP contribution in [0.25, 0.3) is 0 Å². The number of carbonyl (C=O) groups is 2. The van der Waals surface area contributed by atoms with Gasteiger partial charge in [-0.1, -0.05) is 43.6 Å². The normalized spacial score (nSPS) is 14.0. The summed E-state index contributed by atoms with van der Waals surface area (Å²) >= 11 is 6.02. The molecule has 1 N–H and O–H groups in total. The molecule has 0 radical (unpaired) electrons. The van der Waals surface area contributed by atoms with Crippen LogP contribution in [0.2, 0.25) is 5.02 Å². The smallest absolute Gasteiger partial charge is 0.243 e. The number of ether oxygens (including phenoxy) is 2. The molecule has 0 spiro atoms. The molecular formula is C25H31ClN2O4. The summed E-state index contributed by atoms with van der Waals surface area (Å²) in [4.78, 5) is 28.0. The Morgan fingerprint density at radius 1 is 1.03 bits per heavy atom. The van der Waals surface area contributed by atoms with Crippen LogP contribution in [-0.2, 0) is 22.6 Å². The standard InChI is InChI=1S/C25H31ClN2O4/c1-4-17(3)27-25(30)21(5-2)28(15-19-6-10-20(26)11-7-19)24(29)13-9-18-8-12-22-23(14-18)32-16-31-22/h6-8,10-12,14,17,21H,4-5,9,13,15-16H2,1-3H3,(H,27,30)/t17-,21+/m0/s1. The first-order valence-corrected chi connectivity index (χ1v) is 11.5. The highest BCUT2D eigenvalue weighted by atomic mass is 35.5. The minimum absolute atomic E-state index is 0.0534. The highest BCUT2D eigenvalue weighted by molar-refractivity contribution is 6.30. The Labute approximate surface area is 194 Å². The number of amides is 2. The van der Waals surface area contributed by atoms with E-state index in [2.05, 4.69) is 5.32 Å². The van der Waals surface area contributed by atoms with Gasteiger partial charge in [-0.3, -0.25) is 9.59 Å². The number of fused-ring (bicyclic) bond motifs is 1. The molecule has 7 heteroatoms. The van der Waals surface area contributed by atoms with Crippen LogP contribution in [0, 0.1) is 0 Å². The van der Waals surface area contributed by atoms with Crippen molar-refractivity contribution in [2.45, 2.75) is 65.1 Å². The second kappa shape index (κ2) is 11.2. The van der Waals surface area contributed by atoms with E-state index < -0.39 is 6.04 Å². The highest BCUT2D eigenvalue weighted by Gasteiger charge is 2.29. The molecule has 2 amide bonds. The lowest BCUT2D eigenvalue weighted by Crippen LogP contribution is -2.50. The molecule has 2 aromatic carbocycles. The molecule has 172 valence electrons. The SMILES string of the molecule is CC[C@H](C(=O)N[C@@H](C)CC)N(Cc1ccc(Cl)cc1)C(=O)CCc1ccc2c(c1)OCO2. The Hall–Kier alpha value is -2.73. The number of benzene rings is 2. The summed E-state index contributed by atoms with van der Waals surface area (Å²) in [7, 11) is 0. The second-order valence-electron chi connectivity index (χ2n) is 8.08. The van der Waals surface area contributed by atoms with Gasteiger partial charge in [0, 0.05) is 24.0 Å². The molecule has 32 heavy (non-hydrogen) atoms. The van der Waals surface area contributed by atoms with E-state index in [1.165, 1.54) is 0 Å². The average Bonchev–Trinajstić information content (AvgIpc) is 3.26. The maximum absolute atomic E-state index is 13.3. The predicted octanol–water partition coefficient (Wildman–Crippen LogP) is 4.72. The molecule has 0 saturated carbocycles. The summed E-state index contributed by atoms with van der Waals surface area (Å²) < 4.78 is 10.8. The van der Waals surface area contributed by atoms with Crippen LogP contribution in [-0.4, -0.2) is 35.6 Å². The molecule has 1 heterocycles. The Kier molecular flexibility index (Phi) is 8.39. The maximum atomic E-state index is 13.3. The summed E-state index contributed by atoms with van der Waals surface area (Å²) in [6.45, 7) is 6.49. The van der Waals surface area contributed by atoms with Crippen molar-refractivity contribution >= 4 is 23.4 Å². The van der Waals surface area contributed by atoms with E-state index in [-0.39, 0.29) is 24.6 Å². The summed E-state index contributed by atoms with van der Waals surface area (Å²) in [5.74, 6) is 1.24. The topological polar surface area (TPSA) is 67.9 Å². The molecule has 0 saturated heterocycles. The number of nitrogens with zero attached hydrogens (tertiary/aromatic N) is 1. The molecule has 0 fully saturated rings. The molecule has 0 aliphatic carbocycles. The first-order valence-electron chi connectivity index (χ1n) is 11.1. The Bertz CT molecular complexity index is 932. The lowest BCUT2D eigenvalue weighted by Gasteiger charge is -2.31. The maximum Gasteiger partial charge on any atom is 0.243 e. The zero-order valence-corrected chi connectivity index (χ0v) is 19.7. The molecule has 1 aliphatic rings. The predicted molar refractivity (Wildman–Crippen MR) is 125 cm³/mol. The minimum Gasteiger partial charge on any atom is -0.454 e. The second-order valence-corrected chi connectivity index (χ2v) is 8.51. The van der Waals surface area contributed by atoms with Crippen molar-refractivity contribution in [3.05, 3.63) is 58.6 Å². The van der Waals surface area contributed by atoms with Crippen molar-refractivity contribution in [2.24, 2.45) is 0 Å². The van der Waals surface area contributed by atoms with Crippen LogP contribution < -0.4 is 14.8 Å². The number of rotatable bonds is 10. The molecule has 1 aliphatic heterocycles. The molecular weight excluding hydrogens is 428 g/mol. The fraction of sp³-hybridized carbons (Fsp3) is 0.440. The van der Waals surface area contributed by atoms with E-state index in [0.29, 0.717) is 36.6 Å². The third-order valence-corrected chi connectivity index (χ3v) is 5.97.